The normalized spacial score (nSPS) is 10.6. The van der Waals surface area contributed by atoms with Gasteiger partial charge in [-0.25, -0.2) is 10.6 Å². The van der Waals surface area contributed by atoms with Crippen LogP contribution in [0.15, 0.2) is 21.3 Å². The van der Waals surface area contributed by atoms with E-state index in [9.17, 15) is 9.59 Å². The second kappa shape index (κ2) is 5.30. The third kappa shape index (κ3) is 2.62. The number of hydrogen-bond donors (Lipinski definition) is 2. The van der Waals surface area contributed by atoms with Crippen molar-refractivity contribution in [2.45, 2.75) is 27.3 Å². The minimum Gasteiger partial charge on any atom is -0.454 e. The molecule has 2 aromatic heterocycles. The fourth-order valence-corrected chi connectivity index (χ4v) is 2.04. The number of hydrazine groups is 1. The van der Waals surface area contributed by atoms with Crippen LogP contribution in [0.4, 0.5) is 0 Å². The van der Waals surface area contributed by atoms with Gasteiger partial charge in [-0.15, -0.1) is 0 Å². The number of nitrogens with one attached hydrogen (secondary N) is 1. The van der Waals surface area contributed by atoms with E-state index in [0.29, 0.717) is 17.0 Å². The first-order valence-corrected chi connectivity index (χ1v) is 6.07. The molecule has 0 aromatic carbocycles. The Hall–Kier alpha value is -2.41. The summed E-state index contributed by atoms with van der Waals surface area (Å²) in [5.41, 5.74) is 3.78. The molecule has 0 bridgehead atoms. The number of aromatic nitrogens is 2. The van der Waals surface area contributed by atoms with Crippen LogP contribution in [0.25, 0.3) is 0 Å². The fourth-order valence-electron chi connectivity index (χ4n) is 2.04. The van der Waals surface area contributed by atoms with Crippen molar-refractivity contribution in [3.8, 4) is 0 Å². The summed E-state index contributed by atoms with van der Waals surface area (Å²) in [6.07, 6.45) is 0. The van der Waals surface area contributed by atoms with Gasteiger partial charge in [-0.2, -0.15) is 4.98 Å². The zero-order chi connectivity index (χ0) is 14.9. The number of carbonyl (C=O) groups is 1. The molecule has 3 N–H and O–H groups in total. The molecule has 2 rings (SSSR count). The maximum absolute atomic E-state index is 11.9. The maximum atomic E-state index is 11.9. The van der Waals surface area contributed by atoms with Crippen LogP contribution in [-0.4, -0.2) is 15.5 Å². The van der Waals surface area contributed by atoms with Crippen molar-refractivity contribution in [1.29, 1.82) is 0 Å². The quantitative estimate of drug-likeness (QED) is 0.480. The Bertz CT molecular complexity index is 715. The summed E-state index contributed by atoms with van der Waals surface area (Å²) < 4.78 is 6.91. The molecule has 2 heterocycles. The van der Waals surface area contributed by atoms with Gasteiger partial charge in [0.1, 0.15) is 5.76 Å². The number of aryl methyl sites for hydroxylation is 3. The molecule has 2 aromatic rings. The van der Waals surface area contributed by atoms with Crippen molar-refractivity contribution in [3.05, 3.63) is 51.1 Å². The van der Waals surface area contributed by atoms with Gasteiger partial charge in [0.15, 0.2) is 5.76 Å². The van der Waals surface area contributed by atoms with E-state index in [1.165, 1.54) is 4.57 Å². The molecule has 0 aliphatic heterocycles. The molecule has 0 fully saturated rings. The van der Waals surface area contributed by atoms with Crippen LogP contribution in [0.2, 0.25) is 0 Å². The summed E-state index contributed by atoms with van der Waals surface area (Å²) in [5, 5.41) is 0. The Kier molecular flexibility index (Phi) is 3.71. The number of carbonyl (C=O) groups excluding carboxylic acids is 1. The minimum absolute atomic E-state index is 0.147. The monoisotopic (exact) mass is 276 g/mol. The van der Waals surface area contributed by atoms with Crippen LogP contribution < -0.4 is 17.0 Å². The van der Waals surface area contributed by atoms with E-state index in [1.807, 2.05) is 18.4 Å². The number of nitrogens with zero attached hydrogens (tertiary/aromatic N) is 2. The first-order chi connectivity index (χ1) is 9.42. The lowest BCUT2D eigenvalue weighted by atomic mass is 10.2. The number of amides is 1. The lowest BCUT2D eigenvalue weighted by molar-refractivity contribution is 0.0923. The number of nitrogen functional groups attached to an aromatic ring is 1. The van der Waals surface area contributed by atoms with E-state index in [-0.39, 0.29) is 18.0 Å². The van der Waals surface area contributed by atoms with Gasteiger partial charge in [0.2, 0.25) is 0 Å². The van der Waals surface area contributed by atoms with E-state index < -0.39 is 5.91 Å². The van der Waals surface area contributed by atoms with Gasteiger partial charge in [0, 0.05) is 17.0 Å². The molecule has 0 unspecified atom stereocenters. The molecule has 0 aliphatic rings. The Morgan fingerprint density at radius 2 is 2.10 bits per heavy atom. The third-order valence-corrected chi connectivity index (χ3v) is 2.97. The molecule has 7 nitrogen and oxygen atoms in total. The molecule has 0 spiro atoms. The van der Waals surface area contributed by atoms with Crippen molar-refractivity contribution in [2.75, 3.05) is 0 Å². The van der Waals surface area contributed by atoms with E-state index in [0.717, 1.165) is 5.69 Å². The fraction of sp³-hybridized carbons (Fsp3) is 0.308. The highest BCUT2D eigenvalue weighted by atomic mass is 16.4. The van der Waals surface area contributed by atoms with Crippen LogP contribution in [0.3, 0.4) is 0 Å². The van der Waals surface area contributed by atoms with Crippen LogP contribution in [0.5, 0.6) is 0 Å². The van der Waals surface area contributed by atoms with Crippen LogP contribution >= 0.6 is 0 Å². The Morgan fingerprint density at radius 1 is 1.40 bits per heavy atom. The Morgan fingerprint density at radius 3 is 2.70 bits per heavy atom. The minimum atomic E-state index is -0.500. The smallest absolute Gasteiger partial charge is 0.348 e. The van der Waals surface area contributed by atoms with Crippen molar-refractivity contribution < 1.29 is 9.21 Å². The predicted octanol–water partition coefficient (Wildman–Crippen LogP) is 0.413. The highest BCUT2D eigenvalue weighted by Crippen LogP contribution is 2.15. The van der Waals surface area contributed by atoms with Gasteiger partial charge < -0.3 is 4.42 Å². The first kappa shape index (κ1) is 14.0. The Balaban J connectivity index is 2.37. The molecule has 0 saturated heterocycles. The van der Waals surface area contributed by atoms with E-state index in [4.69, 9.17) is 10.3 Å². The molecule has 1 amide bonds. The van der Waals surface area contributed by atoms with E-state index in [2.05, 4.69) is 4.98 Å². The average molecular weight is 276 g/mol. The molecular formula is C13H16N4O3. The summed E-state index contributed by atoms with van der Waals surface area (Å²) in [6, 6.07) is 3.51. The van der Waals surface area contributed by atoms with Gasteiger partial charge in [0.05, 0.1) is 6.54 Å². The predicted molar refractivity (Wildman–Crippen MR) is 72.2 cm³/mol. The van der Waals surface area contributed by atoms with Crippen LogP contribution in [0.1, 0.15) is 33.3 Å². The molecule has 106 valence electrons. The highest BCUT2D eigenvalue weighted by Gasteiger charge is 2.15. The summed E-state index contributed by atoms with van der Waals surface area (Å²) >= 11 is 0. The van der Waals surface area contributed by atoms with Crippen molar-refractivity contribution in [2.24, 2.45) is 5.84 Å². The number of nitrogens with two attached hydrogens (primary N) is 1. The molecule has 0 aliphatic carbocycles. The maximum Gasteiger partial charge on any atom is 0.348 e. The topological polar surface area (TPSA) is 103 Å². The van der Waals surface area contributed by atoms with Gasteiger partial charge in [-0.3, -0.25) is 14.8 Å². The largest absolute Gasteiger partial charge is 0.454 e. The lowest BCUT2D eigenvalue weighted by Crippen LogP contribution is -2.30. The molecule has 0 atom stereocenters. The third-order valence-electron chi connectivity index (χ3n) is 2.97. The SMILES string of the molecule is Cc1cc(C)n(Cc2cc(C)c(C(=O)NN)o2)c(=O)n1. The number of furan rings is 1. The van der Waals surface area contributed by atoms with Crippen LogP contribution in [0, 0.1) is 20.8 Å². The standard InChI is InChI=1S/C13H16N4O3/c1-7-4-10(20-11(7)12(18)16-14)6-17-9(3)5-8(2)15-13(17)19/h4-5H,6,14H2,1-3H3,(H,16,18). The second-order valence-corrected chi connectivity index (χ2v) is 4.61. The summed E-state index contributed by atoms with van der Waals surface area (Å²) in [5.74, 6) is 5.22. The number of hydrogen-bond acceptors (Lipinski definition) is 5. The summed E-state index contributed by atoms with van der Waals surface area (Å²) in [4.78, 5) is 27.2. The zero-order valence-electron chi connectivity index (χ0n) is 11.6. The highest BCUT2D eigenvalue weighted by molar-refractivity contribution is 5.92. The van der Waals surface area contributed by atoms with Crippen molar-refractivity contribution in [3.63, 3.8) is 0 Å². The van der Waals surface area contributed by atoms with Crippen LogP contribution in [-0.2, 0) is 6.54 Å². The number of rotatable bonds is 3. The van der Waals surface area contributed by atoms with Gasteiger partial charge in [-0.05, 0) is 32.9 Å². The van der Waals surface area contributed by atoms with Crippen molar-refractivity contribution in [1.82, 2.24) is 15.0 Å². The van der Waals surface area contributed by atoms with E-state index in [1.54, 1.807) is 19.9 Å². The lowest BCUT2D eigenvalue weighted by Gasteiger charge is -2.07. The van der Waals surface area contributed by atoms with Gasteiger partial charge in [-0.1, -0.05) is 0 Å². The van der Waals surface area contributed by atoms with E-state index >= 15 is 0 Å². The molecule has 0 radical (unpaired) electrons. The molecule has 7 heteroatoms. The summed E-state index contributed by atoms with van der Waals surface area (Å²) in [6.45, 7) is 5.54. The second-order valence-electron chi connectivity index (χ2n) is 4.61. The molecule has 0 saturated carbocycles. The first-order valence-electron chi connectivity index (χ1n) is 6.07. The zero-order valence-corrected chi connectivity index (χ0v) is 11.6. The van der Waals surface area contributed by atoms with Gasteiger partial charge >= 0.3 is 11.6 Å². The average Bonchev–Trinajstić information content (AvgIpc) is 2.74. The Labute approximate surface area is 115 Å². The van der Waals surface area contributed by atoms with Crippen molar-refractivity contribution >= 4 is 5.91 Å². The molecular weight excluding hydrogens is 260 g/mol. The molecule has 20 heavy (non-hydrogen) atoms. The van der Waals surface area contributed by atoms with Gasteiger partial charge in [0.25, 0.3) is 0 Å². The summed E-state index contributed by atoms with van der Waals surface area (Å²) in [7, 11) is 0.